The maximum Gasteiger partial charge on any atom is 0.126 e. The van der Waals surface area contributed by atoms with E-state index >= 15 is 0 Å². The van der Waals surface area contributed by atoms with Gasteiger partial charge in [0.25, 0.3) is 0 Å². The van der Waals surface area contributed by atoms with Crippen molar-refractivity contribution < 1.29 is 4.74 Å². The molecule has 1 unspecified atom stereocenters. The standard InChI is InChI=1S/C14H24N2O/c1-12-7-6-8-14(11-12)16(13(2)17-5)10-9-15(3)4/h6-8,11,13H,9-10H2,1-5H3. The Morgan fingerprint density at radius 3 is 2.47 bits per heavy atom. The maximum absolute atomic E-state index is 5.45. The van der Waals surface area contributed by atoms with Crippen molar-refractivity contribution in [3.05, 3.63) is 29.8 Å². The molecule has 0 amide bonds. The van der Waals surface area contributed by atoms with Gasteiger partial charge >= 0.3 is 0 Å². The highest BCUT2D eigenvalue weighted by Crippen LogP contribution is 2.18. The molecule has 1 rings (SSSR count). The van der Waals surface area contributed by atoms with Crippen molar-refractivity contribution in [1.82, 2.24) is 4.90 Å². The Kier molecular flexibility index (Phi) is 5.45. The third kappa shape index (κ3) is 4.36. The minimum atomic E-state index is 0.0942. The zero-order valence-corrected chi connectivity index (χ0v) is 11.6. The molecule has 1 atom stereocenters. The van der Waals surface area contributed by atoms with Gasteiger partial charge in [-0.2, -0.15) is 0 Å². The van der Waals surface area contributed by atoms with Gasteiger partial charge in [0.05, 0.1) is 0 Å². The molecule has 1 aromatic rings. The molecule has 0 saturated heterocycles. The zero-order chi connectivity index (χ0) is 12.8. The van der Waals surface area contributed by atoms with Crippen LogP contribution in [0, 0.1) is 6.92 Å². The van der Waals surface area contributed by atoms with Crippen molar-refractivity contribution in [3.63, 3.8) is 0 Å². The Bertz CT molecular complexity index is 339. The van der Waals surface area contributed by atoms with E-state index in [0.29, 0.717) is 0 Å². The Morgan fingerprint density at radius 1 is 1.24 bits per heavy atom. The van der Waals surface area contributed by atoms with Crippen LogP contribution in [0.25, 0.3) is 0 Å². The van der Waals surface area contributed by atoms with E-state index in [2.05, 4.69) is 62.0 Å². The molecule has 3 nitrogen and oxygen atoms in total. The van der Waals surface area contributed by atoms with Crippen molar-refractivity contribution in [1.29, 1.82) is 0 Å². The summed E-state index contributed by atoms with van der Waals surface area (Å²) >= 11 is 0. The summed E-state index contributed by atoms with van der Waals surface area (Å²) in [7, 11) is 5.93. The SMILES string of the molecule is COC(C)N(CCN(C)C)c1cccc(C)c1. The minimum Gasteiger partial charge on any atom is -0.362 e. The fraction of sp³-hybridized carbons (Fsp3) is 0.571. The van der Waals surface area contributed by atoms with Gasteiger partial charge in [-0.25, -0.2) is 0 Å². The smallest absolute Gasteiger partial charge is 0.126 e. The van der Waals surface area contributed by atoms with Gasteiger partial charge in [0.15, 0.2) is 0 Å². The van der Waals surface area contributed by atoms with Crippen LogP contribution in [-0.4, -0.2) is 45.4 Å². The number of nitrogens with zero attached hydrogens (tertiary/aromatic N) is 2. The van der Waals surface area contributed by atoms with E-state index in [1.807, 2.05) is 0 Å². The summed E-state index contributed by atoms with van der Waals surface area (Å²) in [5.74, 6) is 0. The number of hydrogen-bond acceptors (Lipinski definition) is 3. The molecule has 0 spiro atoms. The summed E-state index contributed by atoms with van der Waals surface area (Å²) in [5, 5.41) is 0. The number of rotatable bonds is 6. The summed E-state index contributed by atoms with van der Waals surface area (Å²) in [6.07, 6.45) is 0.0942. The van der Waals surface area contributed by atoms with E-state index in [9.17, 15) is 0 Å². The van der Waals surface area contributed by atoms with Crippen LogP contribution in [0.4, 0.5) is 5.69 Å². The van der Waals surface area contributed by atoms with Gasteiger partial charge in [0.2, 0.25) is 0 Å². The minimum absolute atomic E-state index is 0.0942. The average Bonchev–Trinajstić information content (AvgIpc) is 2.28. The van der Waals surface area contributed by atoms with Gasteiger partial charge in [-0.1, -0.05) is 12.1 Å². The molecule has 96 valence electrons. The second-order valence-corrected chi connectivity index (χ2v) is 4.67. The summed E-state index contributed by atoms with van der Waals surface area (Å²) < 4.78 is 5.45. The first-order valence-corrected chi connectivity index (χ1v) is 6.05. The lowest BCUT2D eigenvalue weighted by Gasteiger charge is -2.31. The predicted octanol–water partition coefficient (Wildman–Crippen LogP) is 2.36. The molecule has 0 saturated carbocycles. The molecule has 0 aliphatic rings. The highest BCUT2D eigenvalue weighted by molar-refractivity contribution is 5.48. The fourth-order valence-corrected chi connectivity index (χ4v) is 1.76. The van der Waals surface area contributed by atoms with Gasteiger partial charge in [-0.05, 0) is 45.6 Å². The third-order valence-electron chi connectivity index (χ3n) is 2.90. The second-order valence-electron chi connectivity index (χ2n) is 4.67. The summed E-state index contributed by atoms with van der Waals surface area (Å²) in [6.45, 7) is 6.18. The van der Waals surface area contributed by atoms with Crippen LogP contribution < -0.4 is 4.90 Å². The third-order valence-corrected chi connectivity index (χ3v) is 2.90. The molecular formula is C14H24N2O. The Labute approximate surface area is 105 Å². The first-order chi connectivity index (χ1) is 8.04. The Morgan fingerprint density at radius 2 is 1.94 bits per heavy atom. The van der Waals surface area contributed by atoms with Crippen molar-refractivity contribution in [2.75, 3.05) is 39.2 Å². The molecule has 0 N–H and O–H groups in total. The maximum atomic E-state index is 5.45. The van der Waals surface area contributed by atoms with Crippen LogP contribution in [0.2, 0.25) is 0 Å². The summed E-state index contributed by atoms with van der Waals surface area (Å²) in [4.78, 5) is 4.47. The summed E-state index contributed by atoms with van der Waals surface area (Å²) in [6, 6.07) is 8.55. The van der Waals surface area contributed by atoms with Gasteiger partial charge in [-0.15, -0.1) is 0 Å². The van der Waals surface area contributed by atoms with E-state index < -0.39 is 0 Å². The lowest BCUT2D eigenvalue weighted by molar-refractivity contribution is 0.113. The molecule has 0 aromatic heterocycles. The van der Waals surface area contributed by atoms with Crippen molar-refractivity contribution in [2.45, 2.75) is 20.1 Å². The number of benzene rings is 1. The van der Waals surface area contributed by atoms with Crippen molar-refractivity contribution >= 4 is 5.69 Å². The molecule has 0 bridgehead atoms. The lowest BCUT2D eigenvalue weighted by atomic mass is 10.2. The normalized spacial score (nSPS) is 12.8. The molecule has 0 heterocycles. The number of likely N-dealkylation sites (N-methyl/N-ethyl adjacent to an activating group) is 1. The Hall–Kier alpha value is -1.06. The molecule has 0 aliphatic heterocycles. The quantitative estimate of drug-likeness (QED) is 0.705. The van der Waals surface area contributed by atoms with E-state index in [-0.39, 0.29) is 6.23 Å². The topological polar surface area (TPSA) is 15.7 Å². The molecule has 3 heteroatoms. The van der Waals surface area contributed by atoms with E-state index in [1.54, 1.807) is 7.11 Å². The molecule has 17 heavy (non-hydrogen) atoms. The van der Waals surface area contributed by atoms with Gasteiger partial charge < -0.3 is 14.5 Å². The van der Waals surface area contributed by atoms with Gasteiger partial charge in [0, 0.05) is 25.9 Å². The molecular weight excluding hydrogens is 212 g/mol. The lowest BCUT2D eigenvalue weighted by Crippen LogP contribution is -2.39. The molecule has 0 radical (unpaired) electrons. The second kappa shape index (κ2) is 6.62. The predicted molar refractivity (Wildman–Crippen MR) is 73.6 cm³/mol. The molecule has 0 fully saturated rings. The van der Waals surface area contributed by atoms with Crippen LogP contribution in [-0.2, 0) is 4.74 Å². The zero-order valence-electron chi connectivity index (χ0n) is 11.6. The van der Waals surface area contributed by atoms with Crippen LogP contribution in [0.5, 0.6) is 0 Å². The monoisotopic (exact) mass is 236 g/mol. The average molecular weight is 236 g/mol. The highest BCUT2D eigenvalue weighted by Gasteiger charge is 2.13. The number of hydrogen-bond donors (Lipinski definition) is 0. The summed E-state index contributed by atoms with van der Waals surface area (Å²) in [5.41, 5.74) is 2.50. The number of ether oxygens (including phenoxy) is 1. The largest absolute Gasteiger partial charge is 0.362 e. The van der Waals surface area contributed by atoms with Crippen molar-refractivity contribution in [3.8, 4) is 0 Å². The van der Waals surface area contributed by atoms with Crippen LogP contribution in [0.3, 0.4) is 0 Å². The van der Waals surface area contributed by atoms with Gasteiger partial charge in [-0.3, -0.25) is 0 Å². The Balaban J connectivity index is 2.82. The van der Waals surface area contributed by atoms with Crippen LogP contribution in [0.15, 0.2) is 24.3 Å². The van der Waals surface area contributed by atoms with E-state index in [0.717, 1.165) is 13.1 Å². The first kappa shape index (κ1) is 14.0. The first-order valence-electron chi connectivity index (χ1n) is 6.05. The number of anilines is 1. The fourth-order valence-electron chi connectivity index (χ4n) is 1.76. The molecule has 0 aliphatic carbocycles. The van der Waals surface area contributed by atoms with E-state index in [4.69, 9.17) is 4.74 Å². The van der Waals surface area contributed by atoms with Crippen LogP contribution >= 0.6 is 0 Å². The van der Waals surface area contributed by atoms with Crippen LogP contribution in [0.1, 0.15) is 12.5 Å². The number of aryl methyl sites for hydroxylation is 1. The highest BCUT2D eigenvalue weighted by atomic mass is 16.5. The van der Waals surface area contributed by atoms with E-state index in [1.165, 1.54) is 11.3 Å². The van der Waals surface area contributed by atoms with Crippen molar-refractivity contribution in [2.24, 2.45) is 0 Å². The van der Waals surface area contributed by atoms with Gasteiger partial charge in [0.1, 0.15) is 6.23 Å². The number of methoxy groups -OCH3 is 1. The molecule has 1 aromatic carbocycles.